The maximum Gasteiger partial charge on any atom is 0.250 e. The molecule has 0 fully saturated rings. The molecule has 0 aromatic heterocycles. The van der Waals surface area contributed by atoms with Gasteiger partial charge in [-0.05, 0) is 12.1 Å². The molecule has 1 aromatic carbocycles. The van der Waals surface area contributed by atoms with Gasteiger partial charge in [-0.1, -0.05) is 6.07 Å². The van der Waals surface area contributed by atoms with E-state index in [1.165, 1.54) is 7.05 Å². The molecule has 86 valence electrons. The monoisotopic (exact) mass is 222 g/mol. The molecule has 6 N–H and O–H groups in total. The van der Waals surface area contributed by atoms with Crippen molar-refractivity contribution in [2.24, 2.45) is 5.73 Å². The highest BCUT2D eigenvalue weighted by molar-refractivity contribution is 6.01. The van der Waals surface area contributed by atoms with Crippen molar-refractivity contribution in [3.63, 3.8) is 0 Å². The Morgan fingerprint density at radius 1 is 1.38 bits per heavy atom. The smallest absolute Gasteiger partial charge is 0.250 e. The van der Waals surface area contributed by atoms with Crippen molar-refractivity contribution in [1.82, 2.24) is 5.32 Å². The Labute approximate surface area is 93.0 Å². The number of anilines is 2. The molecule has 1 rings (SSSR count). The summed E-state index contributed by atoms with van der Waals surface area (Å²) in [5, 5.41) is 5.22. The molecule has 1 aromatic rings. The summed E-state index contributed by atoms with van der Waals surface area (Å²) in [4.78, 5) is 22.2. The molecule has 0 unspecified atom stereocenters. The van der Waals surface area contributed by atoms with Crippen LogP contribution in [0.2, 0.25) is 0 Å². The number of amides is 2. The first-order valence-electron chi connectivity index (χ1n) is 4.69. The summed E-state index contributed by atoms with van der Waals surface area (Å²) in [7, 11) is 1.52. The number of rotatable bonds is 4. The van der Waals surface area contributed by atoms with Crippen LogP contribution in [0.3, 0.4) is 0 Å². The third-order valence-corrected chi connectivity index (χ3v) is 2.07. The second kappa shape index (κ2) is 5.01. The van der Waals surface area contributed by atoms with Gasteiger partial charge in [-0.15, -0.1) is 0 Å². The van der Waals surface area contributed by atoms with E-state index in [0.29, 0.717) is 11.4 Å². The Bertz CT molecular complexity index is 417. The van der Waals surface area contributed by atoms with Crippen LogP contribution < -0.4 is 22.1 Å². The van der Waals surface area contributed by atoms with Gasteiger partial charge in [-0.25, -0.2) is 0 Å². The molecule has 0 atom stereocenters. The lowest BCUT2D eigenvalue weighted by molar-refractivity contribution is -0.118. The summed E-state index contributed by atoms with van der Waals surface area (Å²) in [6, 6.07) is 4.80. The highest BCUT2D eigenvalue weighted by Crippen LogP contribution is 2.22. The Kier molecular flexibility index (Phi) is 3.71. The number of carbonyl (C=O) groups excluding carboxylic acids is 2. The summed E-state index contributed by atoms with van der Waals surface area (Å²) in [6.45, 7) is 0.0327. The summed E-state index contributed by atoms with van der Waals surface area (Å²) in [5.74, 6) is -0.801. The summed E-state index contributed by atoms with van der Waals surface area (Å²) in [6.07, 6.45) is 0. The van der Waals surface area contributed by atoms with Gasteiger partial charge in [-0.2, -0.15) is 0 Å². The van der Waals surface area contributed by atoms with Crippen molar-refractivity contribution in [2.75, 3.05) is 24.6 Å². The van der Waals surface area contributed by atoms with Crippen LogP contribution in [-0.2, 0) is 4.79 Å². The number of para-hydroxylation sites is 1. The van der Waals surface area contributed by atoms with Crippen LogP contribution in [0.25, 0.3) is 0 Å². The molecule has 0 saturated heterocycles. The van der Waals surface area contributed by atoms with E-state index in [0.717, 1.165) is 0 Å². The molecule has 6 nitrogen and oxygen atoms in total. The maximum absolute atomic E-state index is 11.1. The van der Waals surface area contributed by atoms with E-state index < -0.39 is 5.91 Å². The first-order valence-corrected chi connectivity index (χ1v) is 4.69. The lowest BCUT2D eigenvalue weighted by atomic mass is 10.1. The Balaban J connectivity index is 2.93. The van der Waals surface area contributed by atoms with Gasteiger partial charge in [0, 0.05) is 7.05 Å². The fourth-order valence-corrected chi connectivity index (χ4v) is 1.23. The highest BCUT2D eigenvalue weighted by atomic mass is 16.2. The van der Waals surface area contributed by atoms with Crippen molar-refractivity contribution in [1.29, 1.82) is 0 Å². The van der Waals surface area contributed by atoms with Crippen LogP contribution in [0.15, 0.2) is 18.2 Å². The second-order valence-corrected chi connectivity index (χ2v) is 3.16. The average Bonchev–Trinajstić information content (AvgIpc) is 2.26. The van der Waals surface area contributed by atoms with Crippen LogP contribution in [0.4, 0.5) is 11.4 Å². The van der Waals surface area contributed by atoms with Gasteiger partial charge in [0.25, 0.3) is 5.91 Å². The van der Waals surface area contributed by atoms with Crippen molar-refractivity contribution in [2.45, 2.75) is 0 Å². The van der Waals surface area contributed by atoms with E-state index in [9.17, 15) is 9.59 Å². The van der Waals surface area contributed by atoms with Crippen molar-refractivity contribution in [3.8, 4) is 0 Å². The van der Waals surface area contributed by atoms with E-state index in [1.807, 2.05) is 0 Å². The minimum absolute atomic E-state index is 0.0327. The molecule has 0 radical (unpaired) electrons. The zero-order chi connectivity index (χ0) is 12.1. The lowest BCUT2D eigenvalue weighted by Crippen LogP contribution is -2.27. The third kappa shape index (κ3) is 2.63. The van der Waals surface area contributed by atoms with Crippen molar-refractivity contribution >= 4 is 23.2 Å². The molecular formula is C10H14N4O2. The van der Waals surface area contributed by atoms with E-state index in [2.05, 4.69) is 10.6 Å². The number of nitrogen functional groups attached to an aromatic ring is 1. The van der Waals surface area contributed by atoms with E-state index in [-0.39, 0.29) is 18.0 Å². The third-order valence-electron chi connectivity index (χ3n) is 2.07. The fourth-order valence-electron chi connectivity index (χ4n) is 1.23. The number of nitrogens with one attached hydrogen (secondary N) is 2. The van der Waals surface area contributed by atoms with Crippen LogP contribution >= 0.6 is 0 Å². The van der Waals surface area contributed by atoms with Gasteiger partial charge in [0.1, 0.15) is 0 Å². The molecule has 0 saturated carbocycles. The van der Waals surface area contributed by atoms with Crippen LogP contribution in [-0.4, -0.2) is 25.4 Å². The van der Waals surface area contributed by atoms with Crippen LogP contribution in [0, 0.1) is 0 Å². The van der Waals surface area contributed by atoms with Gasteiger partial charge in [0.15, 0.2) is 0 Å². The molecule has 0 aliphatic heterocycles. The summed E-state index contributed by atoms with van der Waals surface area (Å²) in [5.41, 5.74) is 11.9. The predicted octanol–water partition coefficient (Wildman–Crippen LogP) is -0.474. The number of carbonyl (C=O) groups is 2. The molecule has 0 aliphatic rings. The largest absolute Gasteiger partial charge is 0.397 e. The molecule has 0 bridgehead atoms. The zero-order valence-electron chi connectivity index (χ0n) is 8.91. The van der Waals surface area contributed by atoms with E-state index >= 15 is 0 Å². The number of likely N-dealkylation sites (N-methyl/N-ethyl adjacent to an activating group) is 1. The zero-order valence-corrected chi connectivity index (χ0v) is 8.91. The summed E-state index contributed by atoms with van der Waals surface area (Å²) >= 11 is 0. The molecule has 16 heavy (non-hydrogen) atoms. The normalized spacial score (nSPS) is 9.56. The van der Waals surface area contributed by atoms with E-state index in [4.69, 9.17) is 11.5 Å². The van der Waals surface area contributed by atoms with Crippen LogP contribution in [0.1, 0.15) is 10.4 Å². The Morgan fingerprint density at radius 2 is 2.06 bits per heavy atom. The Morgan fingerprint density at radius 3 is 2.62 bits per heavy atom. The molecule has 0 spiro atoms. The minimum atomic E-state index is -0.591. The van der Waals surface area contributed by atoms with E-state index in [1.54, 1.807) is 18.2 Å². The van der Waals surface area contributed by atoms with Gasteiger partial charge in [-0.3, -0.25) is 9.59 Å². The van der Waals surface area contributed by atoms with Gasteiger partial charge < -0.3 is 22.1 Å². The van der Waals surface area contributed by atoms with Gasteiger partial charge in [0.2, 0.25) is 5.91 Å². The molecule has 0 heterocycles. The standard InChI is InChI=1S/C10H14N4O2/c1-13-8(15)5-14-9-6(10(12)16)3-2-4-7(9)11/h2-4,14H,5,11H2,1H3,(H2,12,16)(H,13,15). The van der Waals surface area contributed by atoms with Gasteiger partial charge >= 0.3 is 0 Å². The quantitative estimate of drug-likeness (QED) is 0.516. The van der Waals surface area contributed by atoms with Crippen molar-refractivity contribution in [3.05, 3.63) is 23.8 Å². The second-order valence-electron chi connectivity index (χ2n) is 3.16. The average molecular weight is 222 g/mol. The maximum atomic E-state index is 11.1. The number of benzene rings is 1. The number of hydrogen-bond acceptors (Lipinski definition) is 4. The molecule has 0 aliphatic carbocycles. The van der Waals surface area contributed by atoms with Crippen LogP contribution in [0.5, 0.6) is 0 Å². The lowest BCUT2D eigenvalue weighted by Gasteiger charge is -2.11. The Hall–Kier alpha value is -2.24. The minimum Gasteiger partial charge on any atom is -0.397 e. The molecular weight excluding hydrogens is 208 g/mol. The summed E-state index contributed by atoms with van der Waals surface area (Å²) < 4.78 is 0. The molecule has 6 heteroatoms. The number of nitrogens with two attached hydrogens (primary N) is 2. The SMILES string of the molecule is CNC(=O)CNc1c(N)cccc1C(N)=O. The van der Waals surface area contributed by atoms with Gasteiger partial charge in [0.05, 0.1) is 23.5 Å². The predicted molar refractivity (Wildman–Crippen MR) is 61.9 cm³/mol. The fraction of sp³-hybridized carbons (Fsp3) is 0.200. The number of hydrogen-bond donors (Lipinski definition) is 4. The molecule has 2 amide bonds. The first-order chi connectivity index (χ1) is 7.56. The van der Waals surface area contributed by atoms with Crippen molar-refractivity contribution < 1.29 is 9.59 Å². The first kappa shape index (κ1) is 11.8. The number of primary amides is 1. The highest BCUT2D eigenvalue weighted by Gasteiger charge is 2.11. The topological polar surface area (TPSA) is 110 Å².